The highest BCUT2D eigenvalue weighted by Gasteiger charge is 2.32. The molecule has 6 rings (SSSR count). The summed E-state index contributed by atoms with van der Waals surface area (Å²) in [5.74, 6) is -1.14. The fourth-order valence-electron chi connectivity index (χ4n) is 7.36. The standard InChI is InChI=1S/C24H28FN3O3S.C20H22BrClFN3O3S/c1-4-17-14-22(15-26-23(17)5-2)32(30,31)28-21-12-8-19(9-13-21)24(29)27-16(3)18-6-10-20(25)11-7-18;1-12(13-2-6-15(23)7-3-13)25-20(27)14-4-8-16(9-5-14)26-30(28,29)17-10-18(21)19(22)24-11-17/h4-7,10-11,14-16,19,21,28H,1-2,8-9,12-13H2,3H3,(H,27,29);2-3,6-7,10-12,14,16,26H,4-5,8-9H2,1H3,(H,25,27)/t16-,19?,21?;12-,14?,16?/m11/s1. The van der Waals surface area contributed by atoms with Crippen molar-refractivity contribution in [1.29, 1.82) is 0 Å². The Morgan fingerprint density at radius 2 is 1.10 bits per heavy atom. The zero-order chi connectivity index (χ0) is 45.2. The molecule has 0 radical (unpaired) electrons. The summed E-state index contributed by atoms with van der Waals surface area (Å²) in [4.78, 5) is 33.3. The lowest BCUT2D eigenvalue weighted by Gasteiger charge is -2.29. The van der Waals surface area contributed by atoms with Gasteiger partial charge in [-0.3, -0.25) is 14.6 Å². The van der Waals surface area contributed by atoms with Crippen molar-refractivity contribution in [2.45, 2.75) is 99.2 Å². The van der Waals surface area contributed by atoms with Crippen molar-refractivity contribution in [3.63, 3.8) is 0 Å². The molecule has 2 amide bonds. The van der Waals surface area contributed by atoms with Crippen molar-refractivity contribution in [3.8, 4) is 0 Å². The summed E-state index contributed by atoms with van der Waals surface area (Å²) >= 11 is 9.00. The van der Waals surface area contributed by atoms with Crippen LogP contribution in [0.2, 0.25) is 5.15 Å². The number of nitrogens with zero attached hydrogens (tertiary/aromatic N) is 2. The lowest BCUT2D eigenvalue weighted by molar-refractivity contribution is -0.127. The fraction of sp³-hybridized carbons (Fsp3) is 0.364. The zero-order valence-corrected chi connectivity index (χ0v) is 38.3. The van der Waals surface area contributed by atoms with Crippen LogP contribution in [0.1, 0.15) is 99.7 Å². The third-order valence-corrected chi connectivity index (χ3v) is 15.1. The summed E-state index contributed by atoms with van der Waals surface area (Å²) < 4.78 is 82.7. The van der Waals surface area contributed by atoms with Crippen LogP contribution in [0.4, 0.5) is 8.78 Å². The highest BCUT2D eigenvalue weighted by atomic mass is 79.9. The molecule has 0 unspecified atom stereocenters. The smallest absolute Gasteiger partial charge is 0.242 e. The van der Waals surface area contributed by atoms with Crippen LogP contribution in [0, 0.1) is 23.5 Å². The molecule has 2 fully saturated rings. The van der Waals surface area contributed by atoms with Crippen molar-refractivity contribution >= 4 is 71.5 Å². The van der Waals surface area contributed by atoms with E-state index in [2.05, 4.69) is 59.1 Å². The van der Waals surface area contributed by atoms with Gasteiger partial charge in [0.15, 0.2) is 0 Å². The van der Waals surface area contributed by atoms with E-state index in [4.69, 9.17) is 11.6 Å². The molecule has 0 saturated heterocycles. The zero-order valence-electron chi connectivity index (χ0n) is 34.3. The number of rotatable bonds is 14. The minimum Gasteiger partial charge on any atom is -0.349 e. The van der Waals surface area contributed by atoms with Gasteiger partial charge >= 0.3 is 0 Å². The monoisotopic (exact) mass is 974 g/mol. The normalized spacial score (nSPS) is 20.1. The van der Waals surface area contributed by atoms with E-state index in [9.17, 15) is 35.2 Å². The number of carbonyl (C=O) groups is 2. The summed E-state index contributed by atoms with van der Waals surface area (Å²) in [6.45, 7) is 11.1. The first-order valence-corrected chi connectivity index (χ1v) is 24.2. The molecule has 4 aromatic rings. The summed E-state index contributed by atoms with van der Waals surface area (Å²) in [5, 5.41) is 6.12. The Hall–Kier alpha value is -4.39. The molecule has 0 bridgehead atoms. The Balaban J connectivity index is 0.000000235. The number of amides is 2. The average molecular weight is 976 g/mol. The van der Waals surface area contributed by atoms with Gasteiger partial charge in [0.25, 0.3) is 0 Å². The number of benzene rings is 2. The predicted octanol–water partition coefficient (Wildman–Crippen LogP) is 8.57. The first kappa shape index (κ1) is 48.6. The van der Waals surface area contributed by atoms with Crippen molar-refractivity contribution in [3.05, 3.63) is 130 Å². The first-order chi connectivity index (χ1) is 29.4. The van der Waals surface area contributed by atoms with Gasteiger partial charge in [-0.2, -0.15) is 0 Å². The number of sulfonamides is 2. The van der Waals surface area contributed by atoms with Gasteiger partial charge in [0.1, 0.15) is 26.6 Å². The van der Waals surface area contributed by atoms with Gasteiger partial charge in [-0.1, -0.05) is 55.1 Å². The van der Waals surface area contributed by atoms with Crippen LogP contribution in [0.25, 0.3) is 12.2 Å². The summed E-state index contributed by atoms with van der Waals surface area (Å²) in [6, 6.07) is 14.0. The van der Waals surface area contributed by atoms with Crippen LogP contribution in [0.3, 0.4) is 0 Å². The molecule has 2 aliphatic rings. The van der Waals surface area contributed by atoms with Gasteiger partial charge in [0.2, 0.25) is 31.9 Å². The second kappa shape index (κ2) is 21.8. The molecule has 332 valence electrons. The molecule has 62 heavy (non-hydrogen) atoms. The third-order valence-electron chi connectivity index (χ3n) is 11.0. The topological polar surface area (TPSA) is 176 Å². The number of hydrogen-bond donors (Lipinski definition) is 4. The summed E-state index contributed by atoms with van der Waals surface area (Å²) in [6.07, 6.45) is 10.2. The maximum atomic E-state index is 13.1. The minimum atomic E-state index is -3.74. The van der Waals surface area contributed by atoms with Gasteiger partial charge in [0, 0.05) is 41.9 Å². The molecule has 2 aliphatic carbocycles. The van der Waals surface area contributed by atoms with Crippen molar-refractivity contribution < 1.29 is 35.2 Å². The largest absolute Gasteiger partial charge is 0.349 e. The van der Waals surface area contributed by atoms with Gasteiger partial charge in [-0.05, 0) is 135 Å². The Labute approximate surface area is 375 Å². The van der Waals surface area contributed by atoms with E-state index in [1.54, 1.807) is 36.4 Å². The number of nitrogens with one attached hydrogen (secondary N) is 4. The summed E-state index contributed by atoms with van der Waals surface area (Å²) in [7, 11) is -7.47. The number of pyridine rings is 2. The maximum Gasteiger partial charge on any atom is 0.242 e. The van der Waals surface area contributed by atoms with E-state index in [1.165, 1.54) is 48.8 Å². The van der Waals surface area contributed by atoms with Gasteiger partial charge in [-0.25, -0.2) is 40.0 Å². The molecule has 2 heterocycles. The van der Waals surface area contributed by atoms with E-state index in [1.807, 2.05) is 13.8 Å². The number of halogens is 4. The third kappa shape index (κ3) is 13.3. The Morgan fingerprint density at radius 3 is 1.48 bits per heavy atom. The van der Waals surface area contributed by atoms with E-state index < -0.39 is 20.0 Å². The lowest BCUT2D eigenvalue weighted by atomic mass is 9.85. The van der Waals surface area contributed by atoms with Gasteiger partial charge in [0.05, 0.1) is 22.3 Å². The van der Waals surface area contributed by atoms with Crippen molar-refractivity contribution in [2.24, 2.45) is 11.8 Å². The molecule has 2 aromatic carbocycles. The maximum absolute atomic E-state index is 13.1. The van der Waals surface area contributed by atoms with Crippen LogP contribution in [-0.4, -0.2) is 50.7 Å². The molecule has 0 aliphatic heterocycles. The van der Waals surface area contributed by atoms with Crippen LogP contribution in [0.5, 0.6) is 0 Å². The second-order valence-corrected chi connectivity index (χ2v) is 20.0. The van der Waals surface area contributed by atoms with Crippen LogP contribution < -0.4 is 20.1 Å². The molecule has 0 spiro atoms. The molecule has 4 N–H and O–H groups in total. The van der Waals surface area contributed by atoms with E-state index >= 15 is 0 Å². The molecule has 2 saturated carbocycles. The highest BCUT2D eigenvalue weighted by Crippen LogP contribution is 2.29. The van der Waals surface area contributed by atoms with E-state index in [0.717, 1.165) is 11.1 Å². The second-order valence-electron chi connectivity index (χ2n) is 15.4. The molecule has 12 nitrogen and oxygen atoms in total. The van der Waals surface area contributed by atoms with Crippen molar-refractivity contribution in [1.82, 2.24) is 30.0 Å². The van der Waals surface area contributed by atoms with Crippen LogP contribution >= 0.6 is 27.5 Å². The average Bonchev–Trinajstić information content (AvgIpc) is 3.25. The molecule has 18 heteroatoms. The van der Waals surface area contributed by atoms with E-state index in [-0.39, 0.29) is 74.4 Å². The highest BCUT2D eigenvalue weighted by molar-refractivity contribution is 9.10. The quantitative estimate of drug-likeness (QED) is 0.0909. The van der Waals surface area contributed by atoms with Crippen LogP contribution in [-0.2, 0) is 29.6 Å². The Kier molecular flexibility index (Phi) is 17.1. The van der Waals surface area contributed by atoms with Crippen LogP contribution in [0.15, 0.2) is 100 Å². The first-order valence-electron chi connectivity index (χ1n) is 20.1. The molecular weight excluding hydrogens is 926 g/mol. The van der Waals surface area contributed by atoms with Crippen molar-refractivity contribution in [2.75, 3.05) is 0 Å². The predicted molar refractivity (Wildman–Crippen MR) is 239 cm³/mol. The fourth-order valence-corrected chi connectivity index (χ4v) is 10.5. The SMILES string of the molecule is C=Cc1cc(S(=O)(=O)NC2CCC(C(=O)N[C@H](C)c3ccc(F)cc3)CC2)cnc1C=C.C[C@@H](NC(=O)C1CCC(NS(=O)(=O)c2cnc(Cl)c(Br)c2)CC1)c1ccc(F)cc1. The number of hydrogen-bond acceptors (Lipinski definition) is 8. The van der Waals surface area contributed by atoms with Gasteiger partial charge in [-0.15, -0.1) is 0 Å². The summed E-state index contributed by atoms with van der Waals surface area (Å²) in [5.41, 5.74) is 2.82. The molecule has 2 aromatic heterocycles. The lowest BCUT2D eigenvalue weighted by Crippen LogP contribution is -2.41. The number of carbonyl (C=O) groups excluding carboxylic acids is 2. The molecular formula is C44H50BrClF2N6O6S2. The Morgan fingerprint density at radius 1 is 0.694 bits per heavy atom. The Bertz CT molecular complexity index is 2450. The minimum absolute atomic E-state index is 0.0340. The van der Waals surface area contributed by atoms with E-state index in [0.29, 0.717) is 67.1 Å². The van der Waals surface area contributed by atoms with Gasteiger partial charge < -0.3 is 10.6 Å². The molecule has 2 atom stereocenters. The number of aromatic nitrogens is 2.